The third-order valence-corrected chi connectivity index (χ3v) is 4.00. The molecule has 0 aromatic carbocycles. The lowest BCUT2D eigenvalue weighted by Crippen LogP contribution is -2.24. The second-order valence-corrected chi connectivity index (χ2v) is 6.86. The lowest BCUT2D eigenvalue weighted by molar-refractivity contribution is 0.321. The van der Waals surface area contributed by atoms with Gasteiger partial charge in [-0.2, -0.15) is 0 Å². The summed E-state index contributed by atoms with van der Waals surface area (Å²) in [6, 6.07) is 0. The molecule has 0 aromatic heterocycles. The Labute approximate surface area is 119 Å². The lowest BCUT2D eigenvalue weighted by atomic mass is 9.75. The van der Waals surface area contributed by atoms with Crippen molar-refractivity contribution in [1.29, 1.82) is 0 Å². The SMILES string of the molecule is C=CC1=C(/C(=C\C)C(CN)CC(C)(C)C)CCCC1. The molecule has 1 aliphatic rings. The van der Waals surface area contributed by atoms with Gasteiger partial charge >= 0.3 is 0 Å². The molecule has 0 saturated heterocycles. The van der Waals surface area contributed by atoms with Gasteiger partial charge in [0.15, 0.2) is 0 Å². The van der Waals surface area contributed by atoms with Gasteiger partial charge in [0.05, 0.1) is 0 Å². The lowest BCUT2D eigenvalue weighted by Gasteiger charge is -2.30. The highest BCUT2D eigenvalue weighted by atomic mass is 14.6. The van der Waals surface area contributed by atoms with Crippen LogP contribution in [0.5, 0.6) is 0 Å². The number of nitrogens with two attached hydrogens (primary N) is 1. The van der Waals surface area contributed by atoms with Gasteiger partial charge in [-0.05, 0) is 73.6 Å². The molecule has 2 N–H and O–H groups in total. The highest BCUT2D eigenvalue weighted by Gasteiger charge is 2.24. The quantitative estimate of drug-likeness (QED) is 0.740. The van der Waals surface area contributed by atoms with Gasteiger partial charge in [0, 0.05) is 0 Å². The van der Waals surface area contributed by atoms with E-state index in [0.717, 1.165) is 13.0 Å². The number of hydrogen-bond donors (Lipinski definition) is 1. The minimum atomic E-state index is 0.321. The highest BCUT2D eigenvalue weighted by molar-refractivity contribution is 5.42. The van der Waals surface area contributed by atoms with Crippen LogP contribution < -0.4 is 5.73 Å². The summed E-state index contributed by atoms with van der Waals surface area (Å²) < 4.78 is 0. The van der Waals surface area contributed by atoms with Gasteiger partial charge in [0.2, 0.25) is 0 Å². The van der Waals surface area contributed by atoms with E-state index in [4.69, 9.17) is 5.73 Å². The van der Waals surface area contributed by atoms with Crippen molar-refractivity contribution >= 4 is 0 Å². The first kappa shape index (κ1) is 16.2. The predicted molar refractivity (Wildman–Crippen MR) is 86.1 cm³/mol. The maximum absolute atomic E-state index is 6.06. The van der Waals surface area contributed by atoms with Crippen LogP contribution in [0.25, 0.3) is 0 Å². The fraction of sp³-hybridized carbons (Fsp3) is 0.667. The average molecular weight is 261 g/mol. The smallest absolute Gasteiger partial charge is 0.000805 e. The molecule has 0 heterocycles. The Bertz CT molecular complexity index is 366. The largest absolute Gasteiger partial charge is 0.330 e. The van der Waals surface area contributed by atoms with Crippen molar-refractivity contribution in [2.24, 2.45) is 17.1 Å². The van der Waals surface area contributed by atoms with Crippen LogP contribution in [0.2, 0.25) is 0 Å². The fourth-order valence-electron chi connectivity index (χ4n) is 3.20. The van der Waals surface area contributed by atoms with Crippen molar-refractivity contribution < 1.29 is 0 Å². The normalized spacial score (nSPS) is 19.5. The topological polar surface area (TPSA) is 26.0 Å². The Hall–Kier alpha value is -0.820. The molecule has 0 bridgehead atoms. The third kappa shape index (κ3) is 4.65. The van der Waals surface area contributed by atoms with Crippen molar-refractivity contribution in [2.45, 2.75) is 59.8 Å². The molecule has 108 valence electrons. The van der Waals surface area contributed by atoms with Crippen molar-refractivity contribution in [3.05, 3.63) is 35.5 Å². The van der Waals surface area contributed by atoms with Gasteiger partial charge in [-0.1, -0.05) is 39.5 Å². The summed E-state index contributed by atoms with van der Waals surface area (Å²) in [5.74, 6) is 0.480. The Morgan fingerprint density at radius 2 is 1.95 bits per heavy atom. The van der Waals surface area contributed by atoms with Crippen LogP contribution in [0.4, 0.5) is 0 Å². The number of rotatable bonds is 5. The summed E-state index contributed by atoms with van der Waals surface area (Å²) in [5.41, 5.74) is 10.8. The summed E-state index contributed by atoms with van der Waals surface area (Å²) in [5, 5.41) is 0. The van der Waals surface area contributed by atoms with Crippen molar-refractivity contribution in [2.75, 3.05) is 6.54 Å². The van der Waals surface area contributed by atoms with Gasteiger partial charge in [-0.25, -0.2) is 0 Å². The molecule has 1 aliphatic carbocycles. The van der Waals surface area contributed by atoms with E-state index in [-0.39, 0.29) is 0 Å². The van der Waals surface area contributed by atoms with Crippen LogP contribution in [0, 0.1) is 11.3 Å². The van der Waals surface area contributed by atoms with Crippen LogP contribution in [-0.2, 0) is 0 Å². The molecular formula is C18H31N. The minimum absolute atomic E-state index is 0.321. The van der Waals surface area contributed by atoms with Crippen LogP contribution in [0.15, 0.2) is 35.5 Å². The summed E-state index contributed by atoms with van der Waals surface area (Å²) in [4.78, 5) is 0. The van der Waals surface area contributed by atoms with Crippen LogP contribution in [-0.4, -0.2) is 6.54 Å². The molecule has 0 aromatic rings. The van der Waals surface area contributed by atoms with Gasteiger partial charge in [0.25, 0.3) is 0 Å². The molecule has 0 saturated carbocycles. The van der Waals surface area contributed by atoms with E-state index in [0.29, 0.717) is 11.3 Å². The van der Waals surface area contributed by atoms with Gasteiger partial charge in [0.1, 0.15) is 0 Å². The van der Waals surface area contributed by atoms with Gasteiger partial charge in [-0.3, -0.25) is 0 Å². The molecule has 1 heteroatoms. The van der Waals surface area contributed by atoms with E-state index in [1.807, 2.05) is 0 Å². The fourth-order valence-corrected chi connectivity index (χ4v) is 3.20. The maximum Gasteiger partial charge on any atom is -0.000805 e. The van der Waals surface area contributed by atoms with Crippen LogP contribution >= 0.6 is 0 Å². The van der Waals surface area contributed by atoms with E-state index >= 15 is 0 Å². The molecule has 1 atom stereocenters. The second-order valence-electron chi connectivity index (χ2n) is 6.86. The van der Waals surface area contributed by atoms with E-state index in [2.05, 4.69) is 46.4 Å². The first-order chi connectivity index (χ1) is 8.92. The number of allylic oxidation sites excluding steroid dienone is 4. The molecule has 0 aliphatic heterocycles. The molecular weight excluding hydrogens is 230 g/mol. The summed E-state index contributed by atoms with van der Waals surface area (Å²) in [6.07, 6.45) is 10.5. The molecule has 19 heavy (non-hydrogen) atoms. The maximum atomic E-state index is 6.06. The summed E-state index contributed by atoms with van der Waals surface area (Å²) >= 11 is 0. The third-order valence-electron chi connectivity index (χ3n) is 4.00. The minimum Gasteiger partial charge on any atom is -0.330 e. The Kier molecular flexibility index (Phi) is 6.06. The zero-order valence-electron chi connectivity index (χ0n) is 13.3. The zero-order chi connectivity index (χ0) is 14.5. The van der Waals surface area contributed by atoms with Gasteiger partial charge in [-0.15, -0.1) is 0 Å². The van der Waals surface area contributed by atoms with E-state index < -0.39 is 0 Å². The van der Waals surface area contributed by atoms with E-state index in [1.165, 1.54) is 42.4 Å². The first-order valence-electron chi connectivity index (χ1n) is 7.64. The molecule has 0 fully saturated rings. The molecule has 0 radical (unpaired) electrons. The van der Waals surface area contributed by atoms with E-state index in [1.54, 1.807) is 0 Å². The summed E-state index contributed by atoms with van der Waals surface area (Å²) in [6.45, 7) is 13.8. The molecule has 0 amide bonds. The molecule has 1 rings (SSSR count). The highest BCUT2D eigenvalue weighted by Crippen LogP contribution is 2.37. The van der Waals surface area contributed by atoms with Gasteiger partial charge < -0.3 is 5.73 Å². The molecule has 0 spiro atoms. The first-order valence-corrected chi connectivity index (χ1v) is 7.64. The average Bonchev–Trinajstić information content (AvgIpc) is 2.37. The standard InChI is InChI=1S/C18H31N/c1-6-14-10-8-9-11-17(14)16(7-2)15(13-19)12-18(3,4)5/h6-7,15H,1,8-13,19H2,2-5H3/b16-7-. The Morgan fingerprint density at radius 3 is 2.42 bits per heavy atom. The second kappa shape index (κ2) is 7.09. The van der Waals surface area contributed by atoms with Crippen LogP contribution in [0.3, 0.4) is 0 Å². The Balaban J connectivity index is 3.04. The van der Waals surface area contributed by atoms with Crippen LogP contribution in [0.1, 0.15) is 59.8 Å². The zero-order valence-corrected chi connectivity index (χ0v) is 13.3. The van der Waals surface area contributed by atoms with Crippen molar-refractivity contribution in [3.8, 4) is 0 Å². The monoisotopic (exact) mass is 261 g/mol. The summed E-state index contributed by atoms with van der Waals surface area (Å²) in [7, 11) is 0. The predicted octanol–water partition coefficient (Wildman–Crippen LogP) is 5.00. The molecule has 1 nitrogen and oxygen atoms in total. The molecule has 1 unspecified atom stereocenters. The Morgan fingerprint density at radius 1 is 1.32 bits per heavy atom. The van der Waals surface area contributed by atoms with E-state index in [9.17, 15) is 0 Å². The number of hydrogen-bond acceptors (Lipinski definition) is 1. The van der Waals surface area contributed by atoms with Crippen molar-refractivity contribution in [3.63, 3.8) is 0 Å². The van der Waals surface area contributed by atoms with Crippen molar-refractivity contribution in [1.82, 2.24) is 0 Å².